The van der Waals surface area contributed by atoms with Gasteiger partial charge in [-0.15, -0.1) is 11.3 Å². The van der Waals surface area contributed by atoms with Crippen LogP contribution >= 0.6 is 11.3 Å². The fraction of sp³-hybridized carbons (Fsp3) is 0.583. The number of thiazole rings is 1. The molecular formula is C24H31F2N5O3S. The van der Waals surface area contributed by atoms with Crippen LogP contribution in [0.4, 0.5) is 14.6 Å². The van der Waals surface area contributed by atoms with Gasteiger partial charge in [0.05, 0.1) is 11.5 Å². The van der Waals surface area contributed by atoms with Gasteiger partial charge >= 0.3 is 0 Å². The molecule has 4 rings (SSSR count). The number of nitrogens with zero attached hydrogens (tertiary/aromatic N) is 3. The topological polar surface area (TPSA) is 107 Å². The number of rotatable bonds is 7. The van der Waals surface area contributed by atoms with Crippen LogP contribution in [0.1, 0.15) is 85.7 Å². The van der Waals surface area contributed by atoms with Crippen LogP contribution in [0.25, 0.3) is 10.4 Å². The highest BCUT2D eigenvalue weighted by atomic mass is 32.1. The third-order valence-corrected chi connectivity index (χ3v) is 7.37. The Hall–Kier alpha value is -2.66. The van der Waals surface area contributed by atoms with E-state index in [1.54, 1.807) is 6.92 Å². The molecule has 2 bridgehead atoms. The summed E-state index contributed by atoms with van der Waals surface area (Å²) >= 11 is 0.888. The van der Waals surface area contributed by atoms with Crippen molar-refractivity contribution in [1.82, 2.24) is 20.2 Å². The first kappa shape index (κ1) is 25.4. The standard InChI is InChI=1S/C24H31F2N5O3S/c1-12(11-32)28-21(33)22-29-18(23(34)31-13-5-6-14(31)8-7-13)19(35-22)16-10-27-17(30-24(2,3)4)9-15(16)20(25)26/h9-10,12-14,20,32H,5-8,11H2,1-4H3,(H,27,30)(H,28,33)/t12-,13?,14?/m1/s1. The highest BCUT2D eigenvalue weighted by Crippen LogP contribution is 2.42. The van der Waals surface area contributed by atoms with Crippen LogP contribution in [-0.2, 0) is 0 Å². The third kappa shape index (κ3) is 5.30. The van der Waals surface area contributed by atoms with E-state index in [-0.39, 0.29) is 56.8 Å². The van der Waals surface area contributed by atoms with Gasteiger partial charge in [-0.3, -0.25) is 9.59 Å². The number of hydrogen-bond donors (Lipinski definition) is 3. The molecule has 2 aromatic rings. The number of amides is 2. The molecule has 11 heteroatoms. The summed E-state index contributed by atoms with van der Waals surface area (Å²) in [4.78, 5) is 37.0. The van der Waals surface area contributed by atoms with Crippen molar-refractivity contribution in [3.8, 4) is 10.4 Å². The summed E-state index contributed by atoms with van der Waals surface area (Å²) in [5.41, 5.74) is -0.593. The largest absolute Gasteiger partial charge is 0.394 e. The van der Waals surface area contributed by atoms with Gasteiger partial charge in [-0.05, 0) is 59.4 Å². The zero-order valence-corrected chi connectivity index (χ0v) is 21.1. The molecule has 0 spiro atoms. The zero-order chi connectivity index (χ0) is 25.5. The summed E-state index contributed by atoms with van der Waals surface area (Å²) in [6.07, 6.45) is 2.13. The van der Waals surface area contributed by atoms with Gasteiger partial charge in [-0.2, -0.15) is 0 Å². The van der Waals surface area contributed by atoms with Gasteiger partial charge in [0.15, 0.2) is 5.01 Å². The Morgan fingerprint density at radius 3 is 2.40 bits per heavy atom. The molecular weight excluding hydrogens is 476 g/mol. The molecule has 2 aromatic heterocycles. The number of aliphatic hydroxyl groups excluding tert-OH is 1. The quantitative estimate of drug-likeness (QED) is 0.518. The molecule has 190 valence electrons. The maximum atomic E-state index is 14.2. The predicted molar refractivity (Wildman–Crippen MR) is 130 cm³/mol. The molecule has 2 aliphatic rings. The fourth-order valence-electron chi connectivity index (χ4n) is 4.74. The van der Waals surface area contributed by atoms with Crippen molar-refractivity contribution in [3.63, 3.8) is 0 Å². The smallest absolute Gasteiger partial charge is 0.280 e. The molecule has 35 heavy (non-hydrogen) atoms. The van der Waals surface area contributed by atoms with E-state index in [1.807, 2.05) is 25.7 Å². The minimum Gasteiger partial charge on any atom is -0.394 e. The lowest BCUT2D eigenvalue weighted by Gasteiger charge is -2.23. The molecule has 3 N–H and O–H groups in total. The Bertz CT molecular complexity index is 1100. The lowest BCUT2D eigenvalue weighted by Crippen LogP contribution is -2.36. The van der Waals surface area contributed by atoms with E-state index >= 15 is 0 Å². The van der Waals surface area contributed by atoms with Crippen LogP contribution < -0.4 is 10.6 Å². The number of nitrogens with one attached hydrogen (secondary N) is 2. The second kappa shape index (κ2) is 9.77. The fourth-order valence-corrected chi connectivity index (χ4v) is 5.73. The summed E-state index contributed by atoms with van der Waals surface area (Å²) in [7, 11) is 0. The maximum absolute atomic E-state index is 14.2. The van der Waals surface area contributed by atoms with E-state index < -0.39 is 18.4 Å². The van der Waals surface area contributed by atoms with Gasteiger partial charge < -0.3 is 20.6 Å². The minimum absolute atomic E-state index is 0.00386. The number of hydrogen-bond acceptors (Lipinski definition) is 7. The van der Waals surface area contributed by atoms with Crippen molar-refractivity contribution in [2.75, 3.05) is 11.9 Å². The summed E-state index contributed by atoms with van der Waals surface area (Å²) in [6, 6.07) is 0.982. The van der Waals surface area contributed by atoms with Crippen LogP contribution in [0.5, 0.6) is 0 Å². The van der Waals surface area contributed by atoms with Crippen molar-refractivity contribution in [2.24, 2.45) is 0 Å². The van der Waals surface area contributed by atoms with Crippen molar-refractivity contribution in [1.29, 1.82) is 0 Å². The van der Waals surface area contributed by atoms with E-state index in [4.69, 9.17) is 0 Å². The first-order valence-corrected chi connectivity index (χ1v) is 12.6. The summed E-state index contributed by atoms with van der Waals surface area (Å²) in [6.45, 7) is 7.04. The second-order valence-corrected chi connectivity index (χ2v) is 11.3. The number of anilines is 1. The van der Waals surface area contributed by atoms with Crippen LogP contribution in [-0.4, -0.2) is 62.1 Å². The second-order valence-electron chi connectivity index (χ2n) is 10.3. The van der Waals surface area contributed by atoms with E-state index in [1.165, 1.54) is 12.3 Å². The first-order valence-electron chi connectivity index (χ1n) is 11.8. The summed E-state index contributed by atoms with van der Waals surface area (Å²) < 4.78 is 28.4. The molecule has 2 saturated heterocycles. The van der Waals surface area contributed by atoms with Gasteiger partial charge in [0.2, 0.25) is 0 Å². The summed E-state index contributed by atoms with van der Waals surface area (Å²) in [5.74, 6) is -0.618. The van der Waals surface area contributed by atoms with Gasteiger partial charge in [0.1, 0.15) is 11.5 Å². The highest BCUT2D eigenvalue weighted by Gasteiger charge is 2.44. The van der Waals surface area contributed by atoms with Gasteiger partial charge in [0.25, 0.3) is 18.2 Å². The number of pyridine rings is 1. The van der Waals surface area contributed by atoms with Crippen molar-refractivity contribution in [2.45, 2.75) is 83.5 Å². The molecule has 2 aliphatic heterocycles. The van der Waals surface area contributed by atoms with Gasteiger partial charge in [-0.1, -0.05) is 0 Å². The van der Waals surface area contributed by atoms with Crippen LogP contribution in [0.15, 0.2) is 12.3 Å². The third-order valence-electron chi connectivity index (χ3n) is 6.28. The molecule has 0 radical (unpaired) electrons. The van der Waals surface area contributed by atoms with E-state index in [9.17, 15) is 23.5 Å². The number of aromatic nitrogens is 2. The molecule has 2 amide bonds. The SMILES string of the molecule is C[C@H](CO)NC(=O)c1nc(C(=O)N2C3CCC2CC3)c(-c2cnc(NC(C)(C)C)cc2C(F)F)s1. The molecule has 0 unspecified atom stereocenters. The summed E-state index contributed by atoms with van der Waals surface area (Å²) in [5, 5.41) is 15.0. The number of carbonyl (C=O) groups is 2. The van der Waals surface area contributed by atoms with E-state index in [0.717, 1.165) is 37.0 Å². The van der Waals surface area contributed by atoms with Crippen LogP contribution in [0.2, 0.25) is 0 Å². The Kier molecular flexibility index (Phi) is 7.10. The predicted octanol–water partition coefficient (Wildman–Crippen LogP) is 4.23. The average Bonchev–Trinajstić information content (AvgIpc) is 3.51. The molecule has 4 heterocycles. The molecule has 0 aromatic carbocycles. The Labute approximate surface area is 207 Å². The number of fused-ring (bicyclic) bond motifs is 2. The lowest BCUT2D eigenvalue weighted by molar-refractivity contribution is 0.0725. The first-order chi connectivity index (χ1) is 16.5. The number of carbonyl (C=O) groups excluding carboxylic acids is 2. The average molecular weight is 508 g/mol. The molecule has 1 atom stereocenters. The monoisotopic (exact) mass is 507 g/mol. The number of aliphatic hydroxyl groups is 1. The van der Waals surface area contributed by atoms with E-state index in [0.29, 0.717) is 5.82 Å². The van der Waals surface area contributed by atoms with Gasteiger partial charge in [0, 0.05) is 41.0 Å². The molecule has 0 aliphatic carbocycles. The Balaban J connectivity index is 1.79. The molecule has 8 nitrogen and oxygen atoms in total. The Morgan fingerprint density at radius 2 is 1.86 bits per heavy atom. The maximum Gasteiger partial charge on any atom is 0.280 e. The van der Waals surface area contributed by atoms with Crippen LogP contribution in [0, 0.1) is 0 Å². The van der Waals surface area contributed by atoms with Crippen molar-refractivity contribution in [3.05, 3.63) is 28.5 Å². The number of alkyl halides is 2. The lowest BCUT2D eigenvalue weighted by atomic mass is 10.0. The van der Waals surface area contributed by atoms with E-state index in [2.05, 4.69) is 20.6 Å². The van der Waals surface area contributed by atoms with Crippen molar-refractivity contribution >= 4 is 29.0 Å². The minimum atomic E-state index is -2.83. The highest BCUT2D eigenvalue weighted by molar-refractivity contribution is 7.17. The van der Waals surface area contributed by atoms with Crippen LogP contribution in [0.3, 0.4) is 0 Å². The zero-order valence-electron chi connectivity index (χ0n) is 20.3. The normalized spacial score (nSPS) is 20.4. The van der Waals surface area contributed by atoms with Gasteiger partial charge in [-0.25, -0.2) is 18.7 Å². The number of halogens is 2. The van der Waals surface area contributed by atoms with Crippen molar-refractivity contribution < 1.29 is 23.5 Å². The molecule has 0 saturated carbocycles. The Morgan fingerprint density at radius 1 is 1.23 bits per heavy atom. The molecule has 2 fully saturated rings.